The topological polar surface area (TPSA) is 75.2 Å². The first-order valence-electron chi connectivity index (χ1n) is 8.59. The molecule has 0 atom stereocenters. The summed E-state index contributed by atoms with van der Waals surface area (Å²) >= 11 is 1.03. The van der Waals surface area contributed by atoms with Crippen LogP contribution >= 0.6 is 11.3 Å². The largest absolute Gasteiger partial charge is 0.494 e. The van der Waals surface area contributed by atoms with E-state index in [2.05, 4.69) is 29.9 Å². The van der Waals surface area contributed by atoms with Gasteiger partial charge in [0.1, 0.15) is 5.75 Å². The van der Waals surface area contributed by atoms with Crippen LogP contribution in [0.3, 0.4) is 0 Å². The summed E-state index contributed by atoms with van der Waals surface area (Å²) < 4.78 is 5.83. The Kier molecular flexibility index (Phi) is 5.73. The van der Waals surface area contributed by atoms with Crippen molar-refractivity contribution in [1.82, 2.24) is 9.97 Å². The number of ether oxygens (including phenoxy) is 1. The van der Waals surface area contributed by atoms with E-state index >= 15 is 0 Å². The van der Waals surface area contributed by atoms with Crippen molar-refractivity contribution >= 4 is 11.3 Å². The fraction of sp³-hybridized carbons (Fsp3) is 0.300. The predicted octanol–water partition coefficient (Wildman–Crippen LogP) is 3.87. The summed E-state index contributed by atoms with van der Waals surface area (Å²) in [6.07, 6.45) is 3.10. The van der Waals surface area contributed by atoms with Gasteiger partial charge < -0.3 is 9.84 Å². The van der Waals surface area contributed by atoms with Gasteiger partial charge in [-0.3, -0.25) is 14.8 Å². The quantitative estimate of drug-likeness (QED) is 0.662. The van der Waals surface area contributed by atoms with Gasteiger partial charge in [0.2, 0.25) is 5.88 Å². The maximum atomic E-state index is 11.2. The number of aromatic amines is 1. The van der Waals surface area contributed by atoms with Crippen molar-refractivity contribution in [1.29, 1.82) is 0 Å². The second-order valence-corrected chi connectivity index (χ2v) is 7.47. The monoisotopic (exact) mass is 370 g/mol. The highest BCUT2D eigenvalue weighted by molar-refractivity contribution is 7.09. The normalized spacial score (nSPS) is 11.0. The molecule has 3 aromatic rings. The Labute approximate surface area is 156 Å². The molecule has 0 unspecified atom stereocenters. The molecule has 5 nitrogen and oxygen atoms in total. The number of pyridine rings is 1. The van der Waals surface area contributed by atoms with Gasteiger partial charge in [0.15, 0.2) is 0 Å². The van der Waals surface area contributed by atoms with Crippen molar-refractivity contribution in [3.63, 3.8) is 0 Å². The van der Waals surface area contributed by atoms with Crippen LogP contribution in [-0.2, 0) is 12.8 Å². The lowest BCUT2D eigenvalue weighted by Gasteiger charge is -2.12. The molecule has 26 heavy (non-hydrogen) atoms. The first kappa shape index (κ1) is 18.2. The molecule has 0 aliphatic carbocycles. The number of nitrogens with one attached hydrogen (secondary N) is 1. The van der Waals surface area contributed by atoms with E-state index in [1.165, 1.54) is 5.56 Å². The Morgan fingerprint density at radius 3 is 2.65 bits per heavy atom. The molecule has 0 fully saturated rings. The Morgan fingerprint density at radius 2 is 2.00 bits per heavy atom. The maximum absolute atomic E-state index is 11.2. The minimum absolute atomic E-state index is 0.0448. The number of benzene rings is 1. The summed E-state index contributed by atoms with van der Waals surface area (Å²) in [5, 5.41) is 9.66. The second kappa shape index (κ2) is 8.19. The van der Waals surface area contributed by atoms with Crippen LogP contribution in [-0.4, -0.2) is 21.7 Å². The van der Waals surface area contributed by atoms with Crippen LogP contribution in [0.2, 0.25) is 0 Å². The average molecular weight is 370 g/mol. The summed E-state index contributed by atoms with van der Waals surface area (Å²) in [5.41, 5.74) is 3.35. The molecule has 0 saturated heterocycles. The highest BCUT2D eigenvalue weighted by Crippen LogP contribution is 2.22. The number of nitrogens with zero attached hydrogens (tertiary/aromatic N) is 1. The molecule has 2 aromatic heterocycles. The van der Waals surface area contributed by atoms with E-state index in [0.29, 0.717) is 23.8 Å². The number of aromatic nitrogens is 2. The first-order chi connectivity index (χ1) is 12.5. The number of rotatable bonds is 7. The van der Waals surface area contributed by atoms with E-state index in [1.54, 1.807) is 0 Å². The van der Waals surface area contributed by atoms with Crippen LogP contribution in [0, 0.1) is 0 Å². The van der Waals surface area contributed by atoms with Gasteiger partial charge >= 0.3 is 4.87 Å². The molecule has 0 spiro atoms. The Hall–Kier alpha value is -2.60. The zero-order valence-electron chi connectivity index (χ0n) is 14.9. The van der Waals surface area contributed by atoms with Crippen molar-refractivity contribution < 1.29 is 9.84 Å². The zero-order valence-corrected chi connectivity index (χ0v) is 15.7. The minimum Gasteiger partial charge on any atom is -0.494 e. The van der Waals surface area contributed by atoms with Gasteiger partial charge in [0.05, 0.1) is 11.5 Å². The highest BCUT2D eigenvalue weighted by Gasteiger charge is 2.09. The number of hydrogen-bond acceptors (Lipinski definition) is 5. The van der Waals surface area contributed by atoms with Crippen LogP contribution in [0.15, 0.2) is 47.4 Å². The first-order valence-corrected chi connectivity index (χ1v) is 9.41. The van der Waals surface area contributed by atoms with E-state index < -0.39 is 0 Å². The number of aromatic hydroxyl groups is 1. The third kappa shape index (κ3) is 4.52. The molecule has 0 radical (unpaired) electrons. The van der Waals surface area contributed by atoms with Crippen molar-refractivity contribution in [3.05, 3.63) is 74.0 Å². The van der Waals surface area contributed by atoms with E-state index in [-0.39, 0.29) is 10.8 Å². The smallest absolute Gasteiger partial charge is 0.307 e. The van der Waals surface area contributed by atoms with Gasteiger partial charge in [0.25, 0.3) is 0 Å². The summed E-state index contributed by atoms with van der Waals surface area (Å²) in [6, 6.07) is 11.8. The molecule has 0 saturated carbocycles. The summed E-state index contributed by atoms with van der Waals surface area (Å²) in [4.78, 5) is 18.5. The number of thiazole rings is 1. The maximum Gasteiger partial charge on any atom is 0.307 e. The fourth-order valence-corrected chi connectivity index (χ4v) is 3.57. The van der Waals surface area contributed by atoms with Gasteiger partial charge in [0, 0.05) is 24.7 Å². The Bertz CT molecular complexity index is 913. The Morgan fingerprint density at radius 1 is 1.23 bits per heavy atom. The molecule has 136 valence electrons. The lowest BCUT2D eigenvalue weighted by atomic mass is 10.0. The molecule has 2 heterocycles. The van der Waals surface area contributed by atoms with E-state index in [9.17, 15) is 9.90 Å². The van der Waals surface area contributed by atoms with E-state index in [4.69, 9.17) is 4.74 Å². The van der Waals surface area contributed by atoms with Crippen LogP contribution in [0.25, 0.3) is 0 Å². The van der Waals surface area contributed by atoms with Crippen molar-refractivity contribution in [2.24, 2.45) is 0 Å². The molecule has 0 aliphatic rings. The van der Waals surface area contributed by atoms with Crippen LogP contribution < -0.4 is 9.61 Å². The molecule has 0 amide bonds. The molecule has 1 aromatic carbocycles. The van der Waals surface area contributed by atoms with Gasteiger partial charge in [-0.05, 0) is 35.2 Å². The SMILES string of the molecule is CC(C)c1cccnc1CCOc1ccc(Cc2sc(=O)[nH]c2O)cc1. The predicted molar refractivity (Wildman–Crippen MR) is 103 cm³/mol. The van der Waals surface area contributed by atoms with E-state index in [1.807, 2.05) is 36.5 Å². The van der Waals surface area contributed by atoms with Crippen molar-refractivity contribution in [2.45, 2.75) is 32.6 Å². The van der Waals surface area contributed by atoms with Crippen molar-refractivity contribution in [2.75, 3.05) is 6.61 Å². The van der Waals surface area contributed by atoms with Gasteiger partial charge in [-0.2, -0.15) is 0 Å². The molecule has 0 aliphatic heterocycles. The van der Waals surface area contributed by atoms with Gasteiger partial charge in [-0.25, -0.2) is 0 Å². The Balaban J connectivity index is 1.57. The molecular weight excluding hydrogens is 348 g/mol. The lowest BCUT2D eigenvalue weighted by Crippen LogP contribution is -2.06. The molecule has 3 rings (SSSR count). The minimum atomic E-state index is -0.243. The molecular formula is C20H22N2O3S. The number of H-pyrrole nitrogens is 1. The third-order valence-electron chi connectivity index (χ3n) is 4.14. The average Bonchev–Trinajstić information content (AvgIpc) is 2.94. The van der Waals surface area contributed by atoms with Crippen LogP contribution in [0.4, 0.5) is 0 Å². The molecule has 0 bridgehead atoms. The van der Waals surface area contributed by atoms with Crippen LogP contribution in [0.1, 0.15) is 41.5 Å². The standard InChI is InChI=1S/C20H22N2O3S/c1-13(2)16-4-3-10-21-17(16)9-11-25-15-7-5-14(6-8-15)12-18-19(23)22-20(24)26-18/h3-8,10,13,23H,9,11-12H2,1-2H3,(H,22,24). The summed E-state index contributed by atoms with van der Waals surface area (Å²) in [6.45, 7) is 4.90. The van der Waals surface area contributed by atoms with Gasteiger partial charge in [-0.15, -0.1) is 0 Å². The van der Waals surface area contributed by atoms with Crippen LogP contribution in [0.5, 0.6) is 11.6 Å². The second-order valence-electron chi connectivity index (χ2n) is 6.40. The highest BCUT2D eigenvalue weighted by atomic mass is 32.1. The third-order valence-corrected chi connectivity index (χ3v) is 5.02. The van der Waals surface area contributed by atoms with Crippen molar-refractivity contribution in [3.8, 4) is 11.6 Å². The lowest BCUT2D eigenvalue weighted by molar-refractivity contribution is 0.320. The van der Waals surface area contributed by atoms with E-state index in [0.717, 1.165) is 34.8 Å². The van der Waals surface area contributed by atoms with Gasteiger partial charge in [-0.1, -0.05) is 43.4 Å². The molecule has 6 heteroatoms. The molecule has 2 N–H and O–H groups in total. The summed E-state index contributed by atoms with van der Waals surface area (Å²) in [5.74, 6) is 1.19. The fourth-order valence-electron chi connectivity index (χ4n) is 2.81. The zero-order chi connectivity index (χ0) is 18.5. The number of hydrogen-bond donors (Lipinski definition) is 2. The summed E-state index contributed by atoms with van der Waals surface area (Å²) in [7, 11) is 0.